The molecule has 1 amide bonds. The number of nitrogens with two attached hydrogens (primary N) is 1. The highest BCUT2D eigenvalue weighted by Crippen LogP contribution is 2.36. The summed E-state index contributed by atoms with van der Waals surface area (Å²) in [4.78, 5) is 22.9. The van der Waals surface area contributed by atoms with Crippen LogP contribution >= 0.6 is 0 Å². The number of rotatable bonds is 5. The fourth-order valence-electron chi connectivity index (χ4n) is 4.56. The van der Waals surface area contributed by atoms with Crippen LogP contribution in [0, 0.1) is 17.1 Å². The Balaban J connectivity index is 0.00000172. The molecule has 1 unspecified atom stereocenters. The lowest BCUT2D eigenvalue weighted by Crippen LogP contribution is -2.41. The zero-order chi connectivity index (χ0) is 27.9. The highest BCUT2D eigenvalue weighted by molar-refractivity contribution is 5.99. The number of piperidine rings is 1. The van der Waals surface area contributed by atoms with Crippen LogP contribution in [0.3, 0.4) is 0 Å². The van der Waals surface area contributed by atoms with Crippen molar-refractivity contribution in [1.82, 2.24) is 24.6 Å². The number of nitrogen functional groups attached to an aromatic ring is 1. The Morgan fingerprint density at radius 3 is 2.64 bits per heavy atom. The monoisotopic (exact) mass is 527 g/mol. The van der Waals surface area contributed by atoms with Crippen LogP contribution in [0.4, 0.5) is 10.2 Å². The molecular weight excluding hydrogens is 497 g/mol. The smallest absolute Gasteiger partial charge is 0.264 e. The summed E-state index contributed by atoms with van der Waals surface area (Å²) in [7, 11) is 0. The van der Waals surface area contributed by atoms with Crippen LogP contribution in [-0.4, -0.2) is 43.6 Å². The molecule has 4 aromatic rings. The van der Waals surface area contributed by atoms with Crippen molar-refractivity contribution in [2.45, 2.75) is 39.7 Å². The first-order chi connectivity index (χ1) is 19.0. The fourth-order valence-corrected chi connectivity index (χ4v) is 4.56. The number of anilines is 1. The van der Waals surface area contributed by atoms with Gasteiger partial charge in [-0.2, -0.15) is 10.4 Å². The summed E-state index contributed by atoms with van der Waals surface area (Å²) in [5.74, 6) is 0.269. The molecule has 0 radical (unpaired) electrons. The summed E-state index contributed by atoms with van der Waals surface area (Å²) in [5.41, 5.74) is 7.31. The van der Waals surface area contributed by atoms with Gasteiger partial charge in [-0.15, -0.1) is 0 Å². The molecular formula is C29H30FN7O2. The van der Waals surface area contributed by atoms with Crippen molar-refractivity contribution in [3.63, 3.8) is 0 Å². The molecule has 5 rings (SSSR count). The standard InChI is InChI=1S/C27H24FN7O2.C2H6/c1-2-17(14-29)27(36)34-12-6-7-18(15-34)35-26-23(25(30)31-16-32-26)24(33-35)21-11-10-20(13-22(21)28)37-19-8-4-3-5-9-19;1-2/h2-5,8-11,13,16,18H,6-7,12,15H2,1H3,(H2,30,31,32);1-2H3/b17-2+;. The summed E-state index contributed by atoms with van der Waals surface area (Å²) in [6, 6.07) is 15.4. The highest BCUT2D eigenvalue weighted by Gasteiger charge is 2.30. The molecule has 1 aliphatic rings. The van der Waals surface area contributed by atoms with Crippen LogP contribution in [-0.2, 0) is 4.79 Å². The van der Waals surface area contributed by atoms with Crippen molar-refractivity contribution in [1.29, 1.82) is 5.26 Å². The van der Waals surface area contributed by atoms with Gasteiger partial charge in [-0.05, 0) is 44.0 Å². The van der Waals surface area contributed by atoms with Gasteiger partial charge in [-0.25, -0.2) is 19.0 Å². The number of allylic oxidation sites excluding steroid dienone is 1. The number of fused-ring (bicyclic) bond motifs is 1. The number of aromatic nitrogens is 4. The molecule has 1 aliphatic heterocycles. The molecule has 10 heteroatoms. The van der Waals surface area contributed by atoms with E-state index in [1.54, 1.807) is 40.8 Å². The van der Waals surface area contributed by atoms with Gasteiger partial charge in [0.2, 0.25) is 0 Å². The first-order valence-corrected chi connectivity index (χ1v) is 12.9. The average Bonchev–Trinajstić information content (AvgIpc) is 3.36. The second-order valence-electron chi connectivity index (χ2n) is 8.67. The van der Waals surface area contributed by atoms with E-state index in [0.717, 1.165) is 12.8 Å². The van der Waals surface area contributed by atoms with Crippen molar-refractivity contribution in [2.24, 2.45) is 0 Å². The van der Waals surface area contributed by atoms with E-state index >= 15 is 4.39 Å². The van der Waals surface area contributed by atoms with Crippen LogP contribution in [0.15, 0.2) is 66.5 Å². The van der Waals surface area contributed by atoms with Gasteiger partial charge in [-0.3, -0.25) is 4.79 Å². The zero-order valence-electron chi connectivity index (χ0n) is 22.1. The molecule has 0 spiro atoms. The third-order valence-electron chi connectivity index (χ3n) is 6.36. The molecule has 9 nitrogen and oxygen atoms in total. The lowest BCUT2D eigenvalue weighted by Gasteiger charge is -2.32. The number of amides is 1. The first kappa shape index (κ1) is 27.3. The van der Waals surface area contributed by atoms with E-state index in [0.29, 0.717) is 41.3 Å². The summed E-state index contributed by atoms with van der Waals surface area (Å²) in [5, 5.41) is 14.5. The van der Waals surface area contributed by atoms with E-state index in [4.69, 9.17) is 15.6 Å². The van der Waals surface area contributed by atoms with Gasteiger partial charge in [0.15, 0.2) is 5.65 Å². The summed E-state index contributed by atoms with van der Waals surface area (Å²) >= 11 is 0. The van der Waals surface area contributed by atoms with E-state index in [1.165, 1.54) is 18.5 Å². The van der Waals surface area contributed by atoms with Crippen molar-refractivity contribution in [3.8, 4) is 28.8 Å². The number of benzene rings is 2. The maximum absolute atomic E-state index is 15.4. The molecule has 1 fully saturated rings. The highest BCUT2D eigenvalue weighted by atomic mass is 19.1. The fraction of sp³-hybridized carbons (Fsp3) is 0.276. The minimum Gasteiger partial charge on any atom is -0.457 e. The van der Waals surface area contributed by atoms with Crippen molar-refractivity contribution >= 4 is 22.8 Å². The van der Waals surface area contributed by atoms with Crippen LogP contribution in [0.1, 0.15) is 39.7 Å². The number of hydrogen-bond acceptors (Lipinski definition) is 7. The third kappa shape index (κ3) is 5.57. The number of likely N-dealkylation sites (tertiary alicyclic amines) is 1. The number of carbonyl (C=O) groups is 1. The Kier molecular flexibility index (Phi) is 8.51. The van der Waals surface area contributed by atoms with Gasteiger partial charge < -0.3 is 15.4 Å². The molecule has 3 heterocycles. The van der Waals surface area contributed by atoms with Crippen molar-refractivity contribution < 1.29 is 13.9 Å². The second kappa shape index (κ2) is 12.2. The molecule has 2 aromatic heterocycles. The molecule has 2 N–H and O–H groups in total. The third-order valence-corrected chi connectivity index (χ3v) is 6.36. The second-order valence-corrected chi connectivity index (χ2v) is 8.67. The van der Waals surface area contributed by atoms with E-state index in [1.807, 2.05) is 38.1 Å². The van der Waals surface area contributed by atoms with Gasteiger partial charge in [-0.1, -0.05) is 38.1 Å². The number of nitriles is 1. The van der Waals surface area contributed by atoms with Crippen LogP contribution in [0.25, 0.3) is 22.3 Å². The molecule has 200 valence electrons. The number of para-hydroxylation sites is 1. The summed E-state index contributed by atoms with van der Waals surface area (Å²) < 4.78 is 22.8. The summed E-state index contributed by atoms with van der Waals surface area (Å²) in [6.07, 6.45) is 4.30. The Bertz CT molecular complexity index is 1540. The molecule has 1 saturated heterocycles. The van der Waals surface area contributed by atoms with Gasteiger partial charge in [0.05, 0.1) is 11.4 Å². The predicted octanol–water partition coefficient (Wildman–Crippen LogP) is 5.67. The van der Waals surface area contributed by atoms with Gasteiger partial charge in [0.25, 0.3) is 5.91 Å². The molecule has 0 aliphatic carbocycles. The maximum atomic E-state index is 15.4. The average molecular weight is 528 g/mol. The predicted molar refractivity (Wildman–Crippen MR) is 147 cm³/mol. The zero-order valence-corrected chi connectivity index (χ0v) is 22.1. The van der Waals surface area contributed by atoms with Crippen LogP contribution in [0.5, 0.6) is 11.5 Å². The SMILES string of the molecule is C/C=C(\C#N)C(=O)N1CCCC(n2nc(-c3ccc(Oc4ccccc4)cc3F)c3c(N)ncnc32)C1.CC. The van der Waals surface area contributed by atoms with Gasteiger partial charge in [0.1, 0.15) is 46.8 Å². The largest absolute Gasteiger partial charge is 0.457 e. The van der Waals surface area contributed by atoms with E-state index in [2.05, 4.69) is 9.97 Å². The number of halogens is 1. The van der Waals surface area contributed by atoms with Crippen LogP contribution < -0.4 is 10.5 Å². The first-order valence-electron chi connectivity index (χ1n) is 12.9. The van der Waals surface area contributed by atoms with Gasteiger partial charge in [0, 0.05) is 24.7 Å². The quantitative estimate of drug-likeness (QED) is 0.262. The lowest BCUT2D eigenvalue weighted by molar-refractivity contribution is -0.128. The minimum atomic E-state index is -0.532. The van der Waals surface area contributed by atoms with E-state index in [9.17, 15) is 10.1 Å². The Morgan fingerprint density at radius 1 is 1.18 bits per heavy atom. The van der Waals surface area contributed by atoms with E-state index in [-0.39, 0.29) is 28.9 Å². The maximum Gasteiger partial charge on any atom is 0.264 e. The molecule has 2 aromatic carbocycles. The van der Waals surface area contributed by atoms with Crippen molar-refractivity contribution in [2.75, 3.05) is 18.8 Å². The summed E-state index contributed by atoms with van der Waals surface area (Å²) in [6.45, 7) is 6.54. The normalized spacial score (nSPS) is 15.3. The molecule has 0 saturated carbocycles. The Labute approximate surface area is 226 Å². The number of carbonyl (C=O) groups excluding carboxylic acids is 1. The van der Waals surface area contributed by atoms with E-state index < -0.39 is 5.82 Å². The van der Waals surface area contributed by atoms with Crippen molar-refractivity contribution in [3.05, 3.63) is 72.3 Å². The topological polar surface area (TPSA) is 123 Å². The Morgan fingerprint density at radius 2 is 1.95 bits per heavy atom. The number of hydrogen-bond donors (Lipinski definition) is 1. The van der Waals surface area contributed by atoms with Gasteiger partial charge >= 0.3 is 0 Å². The molecule has 39 heavy (non-hydrogen) atoms. The molecule has 0 bridgehead atoms. The Hall–Kier alpha value is -4.78. The molecule has 1 atom stereocenters. The number of nitrogens with zero attached hydrogens (tertiary/aromatic N) is 6. The number of ether oxygens (including phenoxy) is 1. The minimum absolute atomic E-state index is 0.0955. The lowest BCUT2D eigenvalue weighted by atomic mass is 10.0. The van der Waals surface area contributed by atoms with Crippen LogP contribution in [0.2, 0.25) is 0 Å².